The summed E-state index contributed by atoms with van der Waals surface area (Å²) in [5, 5.41) is 0.574. The smallest absolute Gasteiger partial charge is 0.150 e. The highest BCUT2D eigenvalue weighted by Gasteiger charge is 2.14. The van der Waals surface area contributed by atoms with Gasteiger partial charge in [-0.1, -0.05) is 23.7 Å². The van der Waals surface area contributed by atoms with E-state index in [-0.39, 0.29) is 0 Å². The summed E-state index contributed by atoms with van der Waals surface area (Å²) in [4.78, 5) is 11.1. The SMILES string of the molecule is O=Cc1cc(Cl)ccc1-c1ccc2c(c1)CCO2. The van der Waals surface area contributed by atoms with E-state index in [9.17, 15) is 4.79 Å². The molecule has 2 nitrogen and oxygen atoms in total. The third-order valence-electron chi connectivity index (χ3n) is 3.14. The van der Waals surface area contributed by atoms with E-state index in [0.29, 0.717) is 10.6 Å². The molecule has 1 aliphatic heterocycles. The van der Waals surface area contributed by atoms with Gasteiger partial charge in [0.15, 0.2) is 6.29 Å². The summed E-state index contributed by atoms with van der Waals surface area (Å²) >= 11 is 5.90. The molecule has 18 heavy (non-hydrogen) atoms. The summed E-state index contributed by atoms with van der Waals surface area (Å²) in [5.41, 5.74) is 3.74. The molecule has 0 spiro atoms. The van der Waals surface area contributed by atoms with Gasteiger partial charge < -0.3 is 4.74 Å². The highest BCUT2D eigenvalue weighted by Crippen LogP contribution is 2.32. The van der Waals surface area contributed by atoms with E-state index in [0.717, 1.165) is 36.2 Å². The molecule has 3 rings (SSSR count). The number of carbonyl (C=O) groups excluding carboxylic acids is 1. The number of rotatable bonds is 2. The van der Waals surface area contributed by atoms with Crippen LogP contribution in [0.1, 0.15) is 15.9 Å². The third kappa shape index (κ3) is 1.89. The van der Waals surface area contributed by atoms with Crippen molar-refractivity contribution < 1.29 is 9.53 Å². The highest BCUT2D eigenvalue weighted by atomic mass is 35.5. The van der Waals surface area contributed by atoms with Crippen LogP contribution in [0.4, 0.5) is 0 Å². The molecule has 0 amide bonds. The van der Waals surface area contributed by atoms with Gasteiger partial charge in [0.1, 0.15) is 5.75 Å². The maximum atomic E-state index is 11.1. The van der Waals surface area contributed by atoms with Gasteiger partial charge in [-0.15, -0.1) is 0 Å². The molecule has 0 saturated carbocycles. The van der Waals surface area contributed by atoms with Gasteiger partial charge in [0.2, 0.25) is 0 Å². The molecular weight excluding hydrogens is 248 g/mol. The van der Waals surface area contributed by atoms with E-state index in [4.69, 9.17) is 16.3 Å². The second-order valence-electron chi connectivity index (χ2n) is 4.27. The molecule has 0 aromatic heterocycles. The highest BCUT2D eigenvalue weighted by molar-refractivity contribution is 6.31. The minimum atomic E-state index is 0.574. The monoisotopic (exact) mass is 258 g/mol. The Hall–Kier alpha value is -1.80. The van der Waals surface area contributed by atoms with Crippen LogP contribution in [-0.2, 0) is 6.42 Å². The Bertz CT molecular complexity index is 620. The number of halogens is 1. The van der Waals surface area contributed by atoms with Gasteiger partial charge in [0.05, 0.1) is 6.61 Å². The van der Waals surface area contributed by atoms with Crippen LogP contribution in [0.2, 0.25) is 5.02 Å². The molecule has 2 aromatic rings. The predicted octanol–water partition coefficient (Wildman–Crippen LogP) is 3.75. The minimum Gasteiger partial charge on any atom is -0.493 e. The van der Waals surface area contributed by atoms with Crippen LogP contribution in [0.15, 0.2) is 36.4 Å². The number of hydrogen-bond donors (Lipinski definition) is 0. The second-order valence-corrected chi connectivity index (χ2v) is 4.71. The van der Waals surface area contributed by atoms with Crippen LogP contribution in [0.5, 0.6) is 5.75 Å². The lowest BCUT2D eigenvalue weighted by Gasteiger charge is -2.07. The van der Waals surface area contributed by atoms with Crippen molar-refractivity contribution in [1.29, 1.82) is 0 Å². The van der Waals surface area contributed by atoms with Crippen LogP contribution in [0, 0.1) is 0 Å². The Balaban J connectivity index is 2.12. The van der Waals surface area contributed by atoms with Gasteiger partial charge in [-0.05, 0) is 41.0 Å². The summed E-state index contributed by atoms with van der Waals surface area (Å²) in [5.74, 6) is 0.945. The topological polar surface area (TPSA) is 26.3 Å². The van der Waals surface area contributed by atoms with Crippen LogP contribution in [0.3, 0.4) is 0 Å². The summed E-state index contributed by atoms with van der Waals surface area (Å²) in [6.45, 7) is 0.736. The second kappa shape index (κ2) is 4.46. The van der Waals surface area contributed by atoms with Gasteiger partial charge in [-0.25, -0.2) is 0 Å². The molecule has 0 unspecified atom stereocenters. The average Bonchev–Trinajstić information content (AvgIpc) is 2.85. The molecule has 0 N–H and O–H groups in total. The van der Waals surface area contributed by atoms with E-state index in [1.165, 1.54) is 5.56 Å². The first-order valence-electron chi connectivity index (χ1n) is 5.79. The van der Waals surface area contributed by atoms with Crippen molar-refractivity contribution >= 4 is 17.9 Å². The largest absolute Gasteiger partial charge is 0.493 e. The van der Waals surface area contributed by atoms with Gasteiger partial charge in [0, 0.05) is 17.0 Å². The lowest BCUT2D eigenvalue weighted by molar-refractivity contribution is 0.112. The van der Waals surface area contributed by atoms with Gasteiger partial charge in [-0.2, -0.15) is 0 Å². The lowest BCUT2D eigenvalue weighted by Crippen LogP contribution is -1.88. The number of ether oxygens (including phenoxy) is 1. The molecule has 0 fully saturated rings. The first kappa shape index (κ1) is 11.3. The van der Waals surface area contributed by atoms with E-state index in [1.807, 2.05) is 18.2 Å². The van der Waals surface area contributed by atoms with Crippen molar-refractivity contribution in [2.75, 3.05) is 6.61 Å². The van der Waals surface area contributed by atoms with Crippen molar-refractivity contribution in [3.8, 4) is 16.9 Å². The zero-order valence-electron chi connectivity index (χ0n) is 9.65. The Morgan fingerprint density at radius 3 is 2.89 bits per heavy atom. The van der Waals surface area contributed by atoms with Crippen molar-refractivity contribution in [2.45, 2.75) is 6.42 Å². The maximum absolute atomic E-state index is 11.1. The Morgan fingerprint density at radius 1 is 1.17 bits per heavy atom. The predicted molar refractivity (Wildman–Crippen MR) is 71.5 cm³/mol. The van der Waals surface area contributed by atoms with Gasteiger partial charge in [0.25, 0.3) is 0 Å². The molecule has 0 atom stereocenters. The molecule has 2 aromatic carbocycles. The quantitative estimate of drug-likeness (QED) is 0.767. The lowest BCUT2D eigenvalue weighted by atomic mass is 9.98. The molecule has 0 radical (unpaired) electrons. The first-order valence-corrected chi connectivity index (χ1v) is 6.16. The third-order valence-corrected chi connectivity index (χ3v) is 3.38. The first-order chi connectivity index (χ1) is 8.78. The molecular formula is C15H11ClO2. The van der Waals surface area contributed by atoms with E-state index >= 15 is 0 Å². The van der Waals surface area contributed by atoms with Crippen LogP contribution < -0.4 is 4.74 Å². The number of benzene rings is 2. The van der Waals surface area contributed by atoms with Gasteiger partial charge >= 0.3 is 0 Å². The number of hydrogen-bond acceptors (Lipinski definition) is 2. The van der Waals surface area contributed by atoms with E-state index < -0.39 is 0 Å². The number of carbonyl (C=O) groups is 1. The molecule has 0 saturated heterocycles. The van der Waals surface area contributed by atoms with E-state index in [1.54, 1.807) is 12.1 Å². The fourth-order valence-corrected chi connectivity index (χ4v) is 2.43. The average molecular weight is 259 g/mol. The number of fused-ring (bicyclic) bond motifs is 1. The van der Waals surface area contributed by atoms with E-state index in [2.05, 4.69) is 6.07 Å². The minimum absolute atomic E-state index is 0.574. The Morgan fingerprint density at radius 2 is 2.06 bits per heavy atom. The van der Waals surface area contributed by atoms with Crippen LogP contribution in [0.25, 0.3) is 11.1 Å². The van der Waals surface area contributed by atoms with Crippen molar-refractivity contribution in [2.24, 2.45) is 0 Å². The summed E-state index contributed by atoms with van der Waals surface area (Å²) < 4.78 is 5.47. The fourth-order valence-electron chi connectivity index (χ4n) is 2.25. The molecule has 90 valence electrons. The molecule has 3 heteroatoms. The zero-order chi connectivity index (χ0) is 12.5. The summed E-state index contributed by atoms with van der Waals surface area (Å²) in [6.07, 6.45) is 1.76. The Kier molecular flexibility index (Phi) is 2.80. The molecule has 1 aliphatic rings. The summed E-state index contributed by atoms with van der Waals surface area (Å²) in [6, 6.07) is 11.4. The van der Waals surface area contributed by atoms with Crippen LogP contribution in [-0.4, -0.2) is 12.9 Å². The number of aldehydes is 1. The van der Waals surface area contributed by atoms with Crippen molar-refractivity contribution in [1.82, 2.24) is 0 Å². The normalized spacial score (nSPS) is 12.9. The molecule has 0 bridgehead atoms. The fraction of sp³-hybridized carbons (Fsp3) is 0.133. The van der Waals surface area contributed by atoms with Crippen molar-refractivity contribution in [3.05, 3.63) is 52.5 Å². The molecule has 1 heterocycles. The van der Waals surface area contributed by atoms with Crippen LogP contribution >= 0.6 is 11.6 Å². The van der Waals surface area contributed by atoms with Gasteiger partial charge in [-0.3, -0.25) is 4.79 Å². The zero-order valence-corrected chi connectivity index (χ0v) is 10.4. The summed E-state index contributed by atoms with van der Waals surface area (Å²) in [7, 11) is 0. The molecule has 0 aliphatic carbocycles. The maximum Gasteiger partial charge on any atom is 0.150 e. The standard InChI is InChI=1S/C15H11ClO2/c16-13-2-3-14(12(8-13)9-17)10-1-4-15-11(7-10)5-6-18-15/h1-4,7-9H,5-6H2. The Labute approximate surface area is 110 Å². The van der Waals surface area contributed by atoms with Crippen molar-refractivity contribution in [3.63, 3.8) is 0 Å².